The minimum Gasteiger partial charge on any atom is -0.493 e. The van der Waals surface area contributed by atoms with Gasteiger partial charge in [-0.15, -0.1) is 0 Å². The van der Waals surface area contributed by atoms with Crippen LogP contribution in [0.3, 0.4) is 0 Å². The number of nitrogens with zero attached hydrogens (tertiary/aromatic N) is 5. The molecule has 2 aliphatic rings. The van der Waals surface area contributed by atoms with Crippen LogP contribution in [0.4, 0.5) is 5.95 Å². The van der Waals surface area contributed by atoms with Crippen LogP contribution in [-0.4, -0.2) is 77.0 Å². The highest BCUT2D eigenvalue weighted by molar-refractivity contribution is 6.00. The molecule has 0 aliphatic carbocycles. The van der Waals surface area contributed by atoms with Gasteiger partial charge in [0.15, 0.2) is 0 Å². The third-order valence-corrected chi connectivity index (χ3v) is 5.64. The molecule has 2 saturated heterocycles. The summed E-state index contributed by atoms with van der Waals surface area (Å²) in [5.74, 6) is 1.16. The molecule has 2 fully saturated rings. The first-order valence-corrected chi connectivity index (χ1v) is 10.5. The number of hydrogen-bond donors (Lipinski definition) is 0. The maximum Gasteiger partial charge on any atom is 0.258 e. The maximum atomic E-state index is 13.3. The monoisotopic (exact) mass is 409 g/mol. The minimum absolute atomic E-state index is 0.0309. The number of carbonyl (C=O) groups is 2. The molecular weight excluding hydrogens is 382 g/mol. The molecular formula is C22H27N5O3. The zero-order valence-corrected chi connectivity index (χ0v) is 17.2. The first kappa shape index (κ1) is 20.1. The van der Waals surface area contributed by atoms with Crippen LogP contribution < -0.4 is 9.64 Å². The molecule has 1 aromatic heterocycles. The lowest BCUT2D eigenvalue weighted by molar-refractivity contribution is -0.135. The van der Waals surface area contributed by atoms with Gasteiger partial charge >= 0.3 is 0 Å². The summed E-state index contributed by atoms with van der Waals surface area (Å²) in [4.78, 5) is 40.7. The van der Waals surface area contributed by atoms with Crippen LogP contribution in [0.1, 0.15) is 30.1 Å². The van der Waals surface area contributed by atoms with Crippen molar-refractivity contribution in [3.05, 3.63) is 48.3 Å². The number of piperazine rings is 1. The second-order valence-corrected chi connectivity index (χ2v) is 7.45. The van der Waals surface area contributed by atoms with Gasteiger partial charge in [-0.2, -0.15) is 0 Å². The SMILES string of the molecule is CCOc1ccccc1C(=O)N1CCC[C@@H]1C(=O)N1CCN(c2ncccn2)CC1. The number of rotatable bonds is 5. The van der Waals surface area contributed by atoms with Gasteiger partial charge in [0.25, 0.3) is 5.91 Å². The summed E-state index contributed by atoms with van der Waals surface area (Å²) in [7, 11) is 0. The predicted octanol–water partition coefficient (Wildman–Crippen LogP) is 1.83. The van der Waals surface area contributed by atoms with E-state index in [0.717, 1.165) is 6.42 Å². The van der Waals surface area contributed by atoms with Crippen molar-refractivity contribution < 1.29 is 14.3 Å². The molecule has 0 radical (unpaired) electrons. The van der Waals surface area contributed by atoms with Gasteiger partial charge < -0.3 is 19.4 Å². The highest BCUT2D eigenvalue weighted by atomic mass is 16.5. The van der Waals surface area contributed by atoms with Crippen LogP contribution in [-0.2, 0) is 4.79 Å². The molecule has 2 aliphatic heterocycles. The Hall–Kier alpha value is -3.16. The fourth-order valence-corrected chi connectivity index (χ4v) is 4.14. The van der Waals surface area contributed by atoms with Gasteiger partial charge in [0.2, 0.25) is 11.9 Å². The summed E-state index contributed by atoms with van der Waals surface area (Å²) in [5, 5.41) is 0. The highest BCUT2D eigenvalue weighted by Crippen LogP contribution is 2.26. The van der Waals surface area contributed by atoms with E-state index in [4.69, 9.17) is 4.74 Å². The molecule has 0 N–H and O–H groups in total. The number of hydrogen-bond acceptors (Lipinski definition) is 6. The number of ether oxygens (including phenoxy) is 1. The summed E-state index contributed by atoms with van der Waals surface area (Å²) in [6, 6.07) is 8.63. The molecule has 0 spiro atoms. The van der Waals surface area contributed by atoms with Crippen molar-refractivity contribution in [1.82, 2.24) is 19.8 Å². The Morgan fingerprint density at radius 1 is 1.03 bits per heavy atom. The Morgan fingerprint density at radius 3 is 2.50 bits per heavy atom. The molecule has 8 nitrogen and oxygen atoms in total. The van der Waals surface area contributed by atoms with Crippen LogP contribution in [0.25, 0.3) is 0 Å². The van der Waals surface area contributed by atoms with Gasteiger partial charge in [0.05, 0.1) is 12.2 Å². The molecule has 0 bridgehead atoms. The van der Waals surface area contributed by atoms with Crippen LogP contribution in [0.15, 0.2) is 42.7 Å². The van der Waals surface area contributed by atoms with Gasteiger partial charge in [0, 0.05) is 45.1 Å². The lowest BCUT2D eigenvalue weighted by Gasteiger charge is -2.37. The third kappa shape index (κ3) is 4.08. The Bertz CT molecular complexity index is 883. The van der Waals surface area contributed by atoms with E-state index in [1.165, 1.54) is 0 Å². The van der Waals surface area contributed by atoms with Gasteiger partial charge in [-0.3, -0.25) is 9.59 Å². The number of aromatic nitrogens is 2. The van der Waals surface area contributed by atoms with Crippen molar-refractivity contribution in [2.75, 3.05) is 44.2 Å². The molecule has 2 aromatic rings. The molecule has 8 heteroatoms. The molecule has 30 heavy (non-hydrogen) atoms. The number of amides is 2. The van der Waals surface area contributed by atoms with Gasteiger partial charge in [0.1, 0.15) is 11.8 Å². The average molecular weight is 409 g/mol. The number of anilines is 1. The van der Waals surface area contributed by atoms with Crippen molar-refractivity contribution in [2.24, 2.45) is 0 Å². The zero-order valence-electron chi connectivity index (χ0n) is 17.2. The van der Waals surface area contributed by atoms with Crippen LogP contribution >= 0.6 is 0 Å². The van der Waals surface area contributed by atoms with E-state index < -0.39 is 6.04 Å². The van der Waals surface area contributed by atoms with E-state index in [-0.39, 0.29) is 11.8 Å². The number of benzene rings is 1. The van der Waals surface area contributed by atoms with Gasteiger partial charge in [-0.1, -0.05) is 12.1 Å². The molecule has 158 valence electrons. The van der Waals surface area contributed by atoms with Crippen molar-refractivity contribution in [3.8, 4) is 5.75 Å². The molecule has 3 heterocycles. The Balaban J connectivity index is 1.42. The molecule has 1 aromatic carbocycles. The maximum absolute atomic E-state index is 13.3. The van der Waals surface area contributed by atoms with Crippen LogP contribution in [0, 0.1) is 0 Å². The lowest BCUT2D eigenvalue weighted by Crippen LogP contribution is -2.54. The van der Waals surface area contributed by atoms with E-state index in [1.807, 2.05) is 24.0 Å². The molecule has 0 unspecified atom stereocenters. The summed E-state index contributed by atoms with van der Waals surface area (Å²) in [6.45, 7) is 5.54. The molecule has 0 saturated carbocycles. The first-order valence-electron chi connectivity index (χ1n) is 10.5. The fourth-order valence-electron chi connectivity index (χ4n) is 4.14. The van der Waals surface area contributed by atoms with E-state index in [2.05, 4.69) is 14.9 Å². The molecule has 2 amide bonds. The van der Waals surface area contributed by atoms with E-state index in [1.54, 1.807) is 35.5 Å². The lowest BCUT2D eigenvalue weighted by atomic mass is 10.1. The quantitative estimate of drug-likeness (QED) is 0.750. The van der Waals surface area contributed by atoms with Crippen LogP contribution in [0.5, 0.6) is 5.75 Å². The number of carbonyl (C=O) groups excluding carboxylic acids is 2. The highest BCUT2D eigenvalue weighted by Gasteiger charge is 2.38. The predicted molar refractivity (Wildman–Crippen MR) is 112 cm³/mol. The summed E-state index contributed by atoms with van der Waals surface area (Å²) >= 11 is 0. The third-order valence-electron chi connectivity index (χ3n) is 5.64. The van der Waals surface area contributed by atoms with E-state index >= 15 is 0 Å². The van der Waals surface area contributed by atoms with Crippen molar-refractivity contribution in [1.29, 1.82) is 0 Å². The Labute approximate surface area is 176 Å². The zero-order chi connectivity index (χ0) is 20.9. The number of para-hydroxylation sites is 1. The molecule has 4 rings (SSSR count). The van der Waals surface area contributed by atoms with Crippen molar-refractivity contribution in [3.63, 3.8) is 0 Å². The van der Waals surface area contributed by atoms with Gasteiger partial charge in [-0.25, -0.2) is 9.97 Å². The average Bonchev–Trinajstić information content (AvgIpc) is 3.29. The summed E-state index contributed by atoms with van der Waals surface area (Å²) < 4.78 is 5.62. The van der Waals surface area contributed by atoms with Gasteiger partial charge in [-0.05, 0) is 38.0 Å². The second-order valence-electron chi connectivity index (χ2n) is 7.45. The summed E-state index contributed by atoms with van der Waals surface area (Å²) in [5.41, 5.74) is 0.519. The Kier molecular flexibility index (Phi) is 6.11. The standard InChI is InChI=1S/C22H27N5O3/c1-2-30-19-9-4-3-7-17(19)20(28)27-12-5-8-18(27)21(29)25-13-15-26(16-14-25)22-23-10-6-11-24-22/h3-4,6-7,9-11,18H,2,5,8,12-16H2,1H3/t18-/m1/s1. The summed E-state index contributed by atoms with van der Waals surface area (Å²) in [6.07, 6.45) is 4.98. The smallest absolute Gasteiger partial charge is 0.258 e. The number of likely N-dealkylation sites (tertiary alicyclic amines) is 1. The van der Waals surface area contributed by atoms with Crippen LogP contribution in [0.2, 0.25) is 0 Å². The topological polar surface area (TPSA) is 78.9 Å². The van der Waals surface area contributed by atoms with Crippen molar-refractivity contribution in [2.45, 2.75) is 25.8 Å². The Morgan fingerprint density at radius 2 is 1.77 bits per heavy atom. The van der Waals surface area contributed by atoms with Crippen molar-refractivity contribution >= 4 is 17.8 Å². The van der Waals surface area contributed by atoms with E-state index in [0.29, 0.717) is 63.0 Å². The molecule has 1 atom stereocenters. The second kappa shape index (κ2) is 9.11. The first-order chi connectivity index (χ1) is 14.7. The fraction of sp³-hybridized carbons (Fsp3) is 0.455. The minimum atomic E-state index is -0.410. The normalized spacial score (nSPS) is 19.1. The van der Waals surface area contributed by atoms with E-state index in [9.17, 15) is 9.59 Å². The largest absolute Gasteiger partial charge is 0.493 e.